The van der Waals surface area contributed by atoms with Crippen molar-refractivity contribution >= 4 is 34.4 Å². The van der Waals surface area contributed by atoms with E-state index in [1.165, 1.54) is 0 Å². The fraction of sp³-hybridized carbons (Fsp3) is 0.100. The van der Waals surface area contributed by atoms with Crippen LogP contribution in [0.5, 0.6) is 0 Å². The number of rotatable bonds is 6. The summed E-state index contributed by atoms with van der Waals surface area (Å²) < 4.78 is 4.98. The number of para-hydroxylation sites is 1. The summed E-state index contributed by atoms with van der Waals surface area (Å²) >= 11 is 0. The molecular weight excluding hydrogens is 464 g/mol. The number of aryl methyl sites for hydroxylation is 1. The van der Waals surface area contributed by atoms with Gasteiger partial charge in [-0.1, -0.05) is 42.5 Å². The van der Waals surface area contributed by atoms with E-state index in [1.807, 2.05) is 54.6 Å². The van der Waals surface area contributed by atoms with E-state index in [4.69, 9.17) is 9.72 Å². The van der Waals surface area contributed by atoms with Crippen LogP contribution in [-0.4, -0.2) is 28.6 Å². The summed E-state index contributed by atoms with van der Waals surface area (Å²) in [4.78, 5) is 32.6. The maximum absolute atomic E-state index is 12.6. The number of esters is 1. The van der Waals surface area contributed by atoms with E-state index >= 15 is 0 Å². The largest absolute Gasteiger partial charge is 0.462 e. The molecule has 0 fully saturated rings. The topological polar surface area (TPSA) is 96.1 Å². The lowest BCUT2D eigenvalue weighted by Gasteiger charge is -2.10. The molecule has 0 bridgehead atoms. The van der Waals surface area contributed by atoms with Crippen LogP contribution in [0.25, 0.3) is 33.5 Å². The highest BCUT2D eigenvalue weighted by Gasteiger charge is 2.10. The minimum Gasteiger partial charge on any atom is -0.462 e. The number of aromatic amines is 1. The summed E-state index contributed by atoms with van der Waals surface area (Å²) in [6, 6.07) is 28.1. The number of nitrogens with one attached hydrogen (secondary N) is 3. The molecule has 184 valence electrons. The van der Waals surface area contributed by atoms with Crippen molar-refractivity contribution in [1.82, 2.24) is 9.97 Å². The number of carbonyl (C=O) groups excluding carboxylic acids is 2. The number of amides is 2. The Morgan fingerprint density at radius 2 is 1.49 bits per heavy atom. The summed E-state index contributed by atoms with van der Waals surface area (Å²) in [5.41, 5.74) is 7.71. The van der Waals surface area contributed by atoms with Gasteiger partial charge in [-0.25, -0.2) is 14.6 Å². The smallest absolute Gasteiger partial charge is 0.338 e. The molecule has 0 aliphatic carbocycles. The number of imidazole rings is 1. The number of H-pyrrole nitrogens is 1. The molecule has 7 heteroatoms. The van der Waals surface area contributed by atoms with Crippen molar-refractivity contribution in [3.63, 3.8) is 0 Å². The Balaban J connectivity index is 1.30. The molecule has 37 heavy (non-hydrogen) atoms. The fourth-order valence-electron chi connectivity index (χ4n) is 4.13. The van der Waals surface area contributed by atoms with Gasteiger partial charge in [0.2, 0.25) is 0 Å². The van der Waals surface area contributed by atoms with E-state index in [-0.39, 0.29) is 6.03 Å². The molecule has 4 aromatic carbocycles. The van der Waals surface area contributed by atoms with Crippen LogP contribution in [0.4, 0.5) is 16.2 Å². The van der Waals surface area contributed by atoms with Crippen LogP contribution in [-0.2, 0) is 4.74 Å². The molecule has 0 atom stereocenters. The Bertz CT molecular complexity index is 1590. The summed E-state index contributed by atoms with van der Waals surface area (Å²) in [5, 5.41) is 5.65. The standard InChI is InChI=1S/C30H26N4O3/c1-3-37-29(35)20-13-15-24(16-14-20)31-30(36)32-25-11-6-9-22(18-25)21-8-5-10-23(17-21)28-33-26-12-4-7-19(2)27(26)34-28/h4-18H,3H2,1-2H3,(H,33,34)(H2,31,32,36). The second-order valence-electron chi connectivity index (χ2n) is 8.60. The molecule has 5 aromatic rings. The second kappa shape index (κ2) is 10.4. The molecule has 0 unspecified atom stereocenters. The molecule has 1 heterocycles. The number of anilines is 2. The van der Waals surface area contributed by atoms with Crippen molar-refractivity contribution in [2.24, 2.45) is 0 Å². The molecule has 0 saturated carbocycles. The third kappa shape index (κ3) is 5.36. The lowest BCUT2D eigenvalue weighted by atomic mass is 10.0. The maximum atomic E-state index is 12.6. The molecule has 1 aromatic heterocycles. The molecule has 3 N–H and O–H groups in total. The van der Waals surface area contributed by atoms with Gasteiger partial charge in [-0.2, -0.15) is 0 Å². The van der Waals surface area contributed by atoms with Crippen LogP contribution in [0, 0.1) is 6.92 Å². The van der Waals surface area contributed by atoms with Crippen LogP contribution >= 0.6 is 0 Å². The molecule has 7 nitrogen and oxygen atoms in total. The lowest BCUT2D eigenvalue weighted by Crippen LogP contribution is -2.19. The Kier molecular flexibility index (Phi) is 6.68. The van der Waals surface area contributed by atoms with E-state index < -0.39 is 5.97 Å². The predicted octanol–water partition coefficient (Wildman–Crippen LogP) is 7.03. The van der Waals surface area contributed by atoms with E-state index in [0.717, 1.165) is 39.1 Å². The van der Waals surface area contributed by atoms with Gasteiger partial charge in [0.05, 0.1) is 23.2 Å². The summed E-state index contributed by atoms with van der Waals surface area (Å²) in [6.45, 7) is 4.12. The molecule has 0 saturated heterocycles. The molecule has 5 rings (SSSR count). The zero-order valence-electron chi connectivity index (χ0n) is 20.5. The third-order valence-electron chi connectivity index (χ3n) is 5.96. The highest BCUT2D eigenvalue weighted by molar-refractivity contribution is 6.00. The van der Waals surface area contributed by atoms with Gasteiger partial charge in [-0.3, -0.25) is 0 Å². The van der Waals surface area contributed by atoms with Crippen molar-refractivity contribution in [2.45, 2.75) is 13.8 Å². The number of hydrogen-bond donors (Lipinski definition) is 3. The van der Waals surface area contributed by atoms with E-state index in [9.17, 15) is 9.59 Å². The molecule has 0 spiro atoms. The van der Waals surface area contributed by atoms with Crippen molar-refractivity contribution in [1.29, 1.82) is 0 Å². The first-order valence-corrected chi connectivity index (χ1v) is 12.0. The van der Waals surface area contributed by atoms with Crippen molar-refractivity contribution in [3.05, 3.63) is 102 Å². The zero-order valence-corrected chi connectivity index (χ0v) is 20.5. The number of carbonyl (C=O) groups is 2. The average molecular weight is 491 g/mol. The Morgan fingerprint density at radius 1 is 0.811 bits per heavy atom. The number of aromatic nitrogens is 2. The third-order valence-corrected chi connectivity index (χ3v) is 5.96. The number of benzene rings is 4. The molecule has 0 aliphatic rings. The first kappa shape index (κ1) is 23.8. The first-order chi connectivity index (χ1) is 18.0. The number of ether oxygens (including phenoxy) is 1. The molecule has 0 aliphatic heterocycles. The highest BCUT2D eigenvalue weighted by Crippen LogP contribution is 2.28. The van der Waals surface area contributed by atoms with Gasteiger partial charge in [0.25, 0.3) is 0 Å². The molecule has 2 amide bonds. The van der Waals surface area contributed by atoms with Gasteiger partial charge in [0.15, 0.2) is 0 Å². The molecule has 0 radical (unpaired) electrons. The maximum Gasteiger partial charge on any atom is 0.338 e. The van der Waals surface area contributed by atoms with Crippen LogP contribution in [0.15, 0.2) is 91.0 Å². The number of fused-ring (bicyclic) bond motifs is 1. The van der Waals surface area contributed by atoms with E-state index in [1.54, 1.807) is 31.2 Å². The summed E-state index contributed by atoms with van der Waals surface area (Å²) in [5.74, 6) is 0.420. The summed E-state index contributed by atoms with van der Waals surface area (Å²) in [6.07, 6.45) is 0. The minimum absolute atomic E-state index is 0.310. The van der Waals surface area contributed by atoms with Crippen molar-refractivity contribution in [2.75, 3.05) is 17.2 Å². The van der Waals surface area contributed by atoms with Gasteiger partial charge < -0.3 is 20.4 Å². The summed E-state index contributed by atoms with van der Waals surface area (Å²) in [7, 11) is 0. The van der Waals surface area contributed by atoms with Gasteiger partial charge in [0.1, 0.15) is 5.82 Å². The average Bonchev–Trinajstić information content (AvgIpc) is 3.35. The quantitative estimate of drug-likeness (QED) is 0.223. The van der Waals surface area contributed by atoms with Gasteiger partial charge in [-0.05, 0) is 79.1 Å². The van der Waals surface area contributed by atoms with E-state index in [0.29, 0.717) is 23.5 Å². The number of nitrogens with zero attached hydrogens (tertiary/aromatic N) is 1. The Hall–Kier alpha value is -4.91. The molecular formula is C30H26N4O3. The van der Waals surface area contributed by atoms with Gasteiger partial charge in [0, 0.05) is 16.9 Å². The normalized spacial score (nSPS) is 10.8. The van der Waals surface area contributed by atoms with Gasteiger partial charge >= 0.3 is 12.0 Å². The predicted molar refractivity (Wildman–Crippen MR) is 147 cm³/mol. The Labute approximate surface area is 214 Å². The number of hydrogen-bond acceptors (Lipinski definition) is 4. The fourth-order valence-corrected chi connectivity index (χ4v) is 4.13. The lowest BCUT2D eigenvalue weighted by molar-refractivity contribution is 0.0526. The van der Waals surface area contributed by atoms with Gasteiger partial charge in [-0.15, -0.1) is 0 Å². The van der Waals surface area contributed by atoms with Crippen LogP contribution < -0.4 is 10.6 Å². The second-order valence-corrected chi connectivity index (χ2v) is 8.60. The number of urea groups is 1. The monoisotopic (exact) mass is 490 g/mol. The highest BCUT2D eigenvalue weighted by atomic mass is 16.5. The SMILES string of the molecule is CCOC(=O)c1ccc(NC(=O)Nc2cccc(-c3cccc(-c4nc5c(C)cccc5[nH]4)c3)c2)cc1. The van der Waals surface area contributed by atoms with Crippen LogP contribution in [0.2, 0.25) is 0 Å². The van der Waals surface area contributed by atoms with Crippen LogP contribution in [0.3, 0.4) is 0 Å². The van der Waals surface area contributed by atoms with Crippen LogP contribution in [0.1, 0.15) is 22.8 Å². The Morgan fingerprint density at radius 3 is 2.24 bits per heavy atom. The van der Waals surface area contributed by atoms with E-state index in [2.05, 4.69) is 34.7 Å². The first-order valence-electron chi connectivity index (χ1n) is 12.0. The minimum atomic E-state index is -0.394. The zero-order chi connectivity index (χ0) is 25.8. The van der Waals surface area contributed by atoms with Crippen molar-refractivity contribution in [3.8, 4) is 22.5 Å². The van der Waals surface area contributed by atoms with Crippen molar-refractivity contribution < 1.29 is 14.3 Å².